The van der Waals surface area contributed by atoms with Crippen molar-refractivity contribution in [2.45, 2.75) is 18.9 Å². The van der Waals surface area contributed by atoms with Crippen LogP contribution in [0.15, 0.2) is 42.9 Å². The lowest BCUT2D eigenvalue weighted by Crippen LogP contribution is -2.19. The molecule has 0 aliphatic rings. The number of hydrogen-bond acceptors (Lipinski definition) is 4. The molecule has 1 atom stereocenters. The Morgan fingerprint density at radius 1 is 1.26 bits per heavy atom. The molecule has 2 aromatic heterocycles. The Balaban J connectivity index is 2.08. The van der Waals surface area contributed by atoms with E-state index >= 15 is 0 Å². The maximum absolute atomic E-state index is 5.37. The van der Waals surface area contributed by atoms with Gasteiger partial charge in [-0.1, -0.05) is 6.07 Å². The van der Waals surface area contributed by atoms with Crippen molar-refractivity contribution >= 4 is 0 Å². The van der Waals surface area contributed by atoms with Gasteiger partial charge in [-0.15, -0.1) is 0 Å². The number of methoxy groups -OCH3 is 1. The van der Waals surface area contributed by atoms with E-state index in [0.29, 0.717) is 0 Å². The van der Waals surface area contributed by atoms with E-state index < -0.39 is 0 Å². The van der Waals surface area contributed by atoms with E-state index in [1.807, 2.05) is 31.4 Å². The number of rotatable bonds is 6. The minimum atomic E-state index is 0.177. The molecule has 2 heterocycles. The van der Waals surface area contributed by atoms with Crippen LogP contribution >= 0.6 is 0 Å². The molecule has 4 heteroatoms. The van der Waals surface area contributed by atoms with Gasteiger partial charge in [0.05, 0.1) is 18.8 Å². The molecular formula is C15H19N3O. The van der Waals surface area contributed by atoms with Gasteiger partial charge in [-0.25, -0.2) is 0 Å². The number of nitrogens with zero attached hydrogens (tertiary/aromatic N) is 2. The van der Waals surface area contributed by atoms with Gasteiger partial charge in [-0.3, -0.25) is 9.97 Å². The molecule has 0 saturated heterocycles. The lowest BCUT2D eigenvalue weighted by molar-refractivity contribution is 0.393. The molecule has 4 nitrogen and oxygen atoms in total. The summed E-state index contributed by atoms with van der Waals surface area (Å²) in [6.45, 7) is 0. The van der Waals surface area contributed by atoms with E-state index in [2.05, 4.69) is 21.4 Å². The number of aromatic nitrogens is 2. The lowest BCUT2D eigenvalue weighted by atomic mass is 10.0. The first-order valence-electron chi connectivity index (χ1n) is 6.40. The summed E-state index contributed by atoms with van der Waals surface area (Å²) in [5.74, 6) is 0.827. The van der Waals surface area contributed by atoms with Gasteiger partial charge in [0.25, 0.3) is 0 Å². The highest BCUT2D eigenvalue weighted by Crippen LogP contribution is 2.25. The van der Waals surface area contributed by atoms with Crippen LogP contribution in [0.1, 0.15) is 23.7 Å². The topological polar surface area (TPSA) is 47.0 Å². The van der Waals surface area contributed by atoms with E-state index in [-0.39, 0.29) is 6.04 Å². The molecule has 19 heavy (non-hydrogen) atoms. The molecule has 0 radical (unpaired) electrons. The number of pyridine rings is 2. The van der Waals surface area contributed by atoms with Gasteiger partial charge < -0.3 is 10.1 Å². The summed E-state index contributed by atoms with van der Waals surface area (Å²) in [6, 6.07) is 8.06. The van der Waals surface area contributed by atoms with Crippen molar-refractivity contribution in [3.8, 4) is 5.75 Å². The minimum absolute atomic E-state index is 0.177. The van der Waals surface area contributed by atoms with Crippen molar-refractivity contribution in [1.29, 1.82) is 0 Å². The van der Waals surface area contributed by atoms with Crippen LogP contribution in [-0.4, -0.2) is 24.1 Å². The Kier molecular flexibility index (Phi) is 4.86. The molecule has 0 amide bonds. The molecule has 1 unspecified atom stereocenters. The summed E-state index contributed by atoms with van der Waals surface area (Å²) in [5.41, 5.74) is 2.19. The molecule has 0 aliphatic carbocycles. The molecule has 0 aromatic carbocycles. The molecular weight excluding hydrogens is 238 g/mol. The minimum Gasteiger partial charge on any atom is -0.495 e. The van der Waals surface area contributed by atoms with Crippen LogP contribution in [-0.2, 0) is 6.42 Å². The maximum Gasteiger partial charge on any atom is 0.141 e. The highest BCUT2D eigenvalue weighted by atomic mass is 16.5. The number of hydrogen-bond donors (Lipinski definition) is 1. The van der Waals surface area contributed by atoms with Crippen molar-refractivity contribution in [1.82, 2.24) is 15.3 Å². The summed E-state index contributed by atoms with van der Waals surface area (Å²) >= 11 is 0. The molecule has 2 aromatic rings. The van der Waals surface area contributed by atoms with Crippen LogP contribution in [0, 0.1) is 0 Å². The average molecular weight is 257 g/mol. The molecule has 0 fully saturated rings. The zero-order chi connectivity index (χ0) is 13.5. The third kappa shape index (κ3) is 3.51. The van der Waals surface area contributed by atoms with E-state index in [0.717, 1.165) is 24.3 Å². The predicted octanol–water partition coefficient (Wildman–Crippen LogP) is 2.38. The van der Waals surface area contributed by atoms with Crippen LogP contribution in [0.5, 0.6) is 5.75 Å². The standard InChI is InChI=1S/C15H19N3O/c1-16-13(8-7-12-5-3-9-17-11-12)15-14(19-2)6-4-10-18-15/h3-6,9-11,13,16H,7-8H2,1-2H3. The van der Waals surface area contributed by atoms with Crippen molar-refractivity contribution < 1.29 is 4.74 Å². The fraction of sp³-hybridized carbons (Fsp3) is 0.333. The number of ether oxygens (including phenoxy) is 1. The van der Waals surface area contributed by atoms with E-state index in [9.17, 15) is 0 Å². The second kappa shape index (κ2) is 6.85. The average Bonchev–Trinajstić information content (AvgIpc) is 2.49. The van der Waals surface area contributed by atoms with E-state index in [4.69, 9.17) is 4.74 Å². The van der Waals surface area contributed by atoms with Crippen molar-refractivity contribution in [2.75, 3.05) is 14.2 Å². The van der Waals surface area contributed by atoms with Crippen LogP contribution in [0.25, 0.3) is 0 Å². The summed E-state index contributed by atoms with van der Waals surface area (Å²) in [5, 5.41) is 3.30. The van der Waals surface area contributed by atoms with Gasteiger partial charge in [0.1, 0.15) is 5.75 Å². The second-order valence-corrected chi connectivity index (χ2v) is 4.33. The third-order valence-corrected chi connectivity index (χ3v) is 3.14. The molecule has 0 spiro atoms. The second-order valence-electron chi connectivity index (χ2n) is 4.33. The first kappa shape index (κ1) is 13.5. The Hall–Kier alpha value is -1.94. The monoisotopic (exact) mass is 257 g/mol. The van der Waals surface area contributed by atoms with Crippen molar-refractivity contribution in [2.24, 2.45) is 0 Å². The molecule has 2 rings (SSSR count). The Bertz CT molecular complexity index is 502. The van der Waals surface area contributed by atoms with Gasteiger partial charge in [0.15, 0.2) is 0 Å². The smallest absolute Gasteiger partial charge is 0.141 e. The van der Waals surface area contributed by atoms with E-state index in [1.54, 1.807) is 19.5 Å². The third-order valence-electron chi connectivity index (χ3n) is 3.14. The maximum atomic E-state index is 5.37. The number of aryl methyl sites for hydroxylation is 1. The quantitative estimate of drug-likeness (QED) is 0.863. The molecule has 0 aliphatic heterocycles. The van der Waals surface area contributed by atoms with E-state index in [1.165, 1.54) is 5.56 Å². The van der Waals surface area contributed by atoms with Gasteiger partial charge in [-0.2, -0.15) is 0 Å². The number of nitrogens with one attached hydrogen (secondary N) is 1. The largest absolute Gasteiger partial charge is 0.495 e. The SMILES string of the molecule is CNC(CCc1cccnc1)c1ncccc1OC. The van der Waals surface area contributed by atoms with Crippen LogP contribution < -0.4 is 10.1 Å². The fourth-order valence-corrected chi connectivity index (χ4v) is 2.11. The highest BCUT2D eigenvalue weighted by molar-refractivity contribution is 5.29. The Morgan fingerprint density at radius 2 is 2.11 bits per heavy atom. The highest BCUT2D eigenvalue weighted by Gasteiger charge is 2.15. The Labute approximate surface area is 113 Å². The van der Waals surface area contributed by atoms with Gasteiger partial charge >= 0.3 is 0 Å². The van der Waals surface area contributed by atoms with Crippen molar-refractivity contribution in [3.05, 3.63) is 54.1 Å². The predicted molar refractivity (Wildman–Crippen MR) is 75.1 cm³/mol. The summed E-state index contributed by atoms with van der Waals surface area (Å²) in [6.07, 6.45) is 7.41. The van der Waals surface area contributed by atoms with Gasteiger partial charge in [0.2, 0.25) is 0 Å². The summed E-state index contributed by atoms with van der Waals surface area (Å²) in [7, 11) is 3.62. The molecule has 0 saturated carbocycles. The summed E-state index contributed by atoms with van der Waals surface area (Å²) < 4.78 is 5.37. The van der Waals surface area contributed by atoms with Crippen molar-refractivity contribution in [3.63, 3.8) is 0 Å². The normalized spacial score (nSPS) is 12.1. The summed E-state index contributed by atoms with van der Waals surface area (Å²) in [4.78, 5) is 8.56. The van der Waals surface area contributed by atoms with Crippen LogP contribution in [0.4, 0.5) is 0 Å². The zero-order valence-corrected chi connectivity index (χ0v) is 11.3. The van der Waals surface area contributed by atoms with Crippen LogP contribution in [0.3, 0.4) is 0 Å². The Morgan fingerprint density at radius 3 is 2.79 bits per heavy atom. The fourth-order valence-electron chi connectivity index (χ4n) is 2.11. The first-order chi connectivity index (χ1) is 9.35. The van der Waals surface area contributed by atoms with Gasteiger partial charge in [-0.05, 0) is 43.7 Å². The zero-order valence-electron chi connectivity index (χ0n) is 11.3. The van der Waals surface area contributed by atoms with Gasteiger partial charge in [0, 0.05) is 18.6 Å². The first-order valence-corrected chi connectivity index (χ1v) is 6.40. The molecule has 100 valence electrons. The molecule has 0 bridgehead atoms. The molecule has 1 N–H and O–H groups in total. The van der Waals surface area contributed by atoms with Crippen LogP contribution in [0.2, 0.25) is 0 Å². The lowest BCUT2D eigenvalue weighted by Gasteiger charge is -2.18.